The van der Waals surface area contributed by atoms with Crippen molar-refractivity contribution < 1.29 is 19.1 Å². The van der Waals surface area contributed by atoms with Crippen LogP contribution in [-0.2, 0) is 4.79 Å². The number of nitrogens with one attached hydrogen (secondary N) is 2. The minimum absolute atomic E-state index is 0.0210. The molecule has 2 amide bonds. The maximum absolute atomic E-state index is 13.1. The standard InChI is InChI=1S/C14H19FN2O3/c1-8(2)11(13(18)19)7-16-14(20)17-12-6-10(15)5-4-9(12)3/h4-6,8,11H,7H2,1-3H3,(H,18,19)(H2,16,17,20). The largest absolute Gasteiger partial charge is 0.481 e. The number of carbonyl (C=O) groups is 2. The molecule has 110 valence electrons. The lowest BCUT2D eigenvalue weighted by atomic mass is 9.96. The van der Waals surface area contributed by atoms with Crippen molar-refractivity contribution in [3.05, 3.63) is 29.6 Å². The van der Waals surface area contributed by atoms with Gasteiger partial charge in [0.1, 0.15) is 5.82 Å². The second kappa shape index (κ2) is 6.88. The molecule has 0 fully saturated rings. The quantitative estimate of drug-likeness (QED) is 0.776. The fourth-order valence-corrected chi connectivity index (χ4v) is 1.71. The highest BCUT2D eigenvalue weighted by molar-refractivity contribution is 5.90. The summed E-state index contributed by atoms with van der Waals surface area (Å²) < 4.78 is 13.1. The molecule has 6 heteroatoms. The van der Waals surface area contributed by atoms with Crippen molar-refractivity contribution in [1.29, 1.82) is 0 Å². The molecule has 1 unspecified atom stereocenters. The highest BCUT2D eigenvalue weighted by atomic mass is 19.1. The molecular formula is C14H19FN2O3. The Bertz CT molecular complexity index is 503. The van der Waals surface area contributed by atoms with E-state index in [4.69, 9.17) is 5.11 Å². The molecule has 0 bridgehead atoms. The number of hydrogen-bond acceptors (Lipinski definition) is 2. The Hall–Kier alpha value is -2.11. The van der Waals surface area contributed by atoms with Crippen LogP contribution in [-0.4, -0.2) is 23.7 Å². The molecule has 1 rings (SSSR count). The Labute approximate surface area is 117 Å². The third kappa shape index (κ3) is 4.53. The van der Waals surface area contributed by atoms with Crippen LogP contribution in [0.25, 0.3) is 0 Å². The molecule has 0 spiro atoms. The molecule has 0 saturated heterocycles. The van der Waals surface area contributed by atoms with Gasteiger partial charge in [-0.1, -0.05) is 19.9 Å². The first-order valence-corrected chi connectivity index (χ1v) is 6.35. The van der Waals surface area contributed by atoms with Crippen LogP contribution >= 0.6 is 0 Å². The first kappa shape index (κ1) is 15.9. The zero-order valence-corrected chi connectivity index (χ0v) is 11.7. The number of aliphatic carboxylic acids is 1. The first-order chi connectivity index (χ1) is 9.31. The van der Waals surface area contributed by atoms with Crippen LogP contribution in [0.3, 0.4) is 0 Å². The van der Waals surface area contributed by atoms with Gasteiger partial charge in [-0.3, -0.25) is 4.79 Å². The van der Waals surface area contributed by atoms with Crippen LogP contribution in [0.15, 0.2) is 18.2 Å². The third-order valence-corrected chi connectivity index (χ3v) is 3.05. The Morgan fingerprint density at radius 3 is 2.55 bits per heavy atom. The molecule has 0 saturated carbocycles. The number of amides is 2. The molecular weight excluding hydrogens is 263 g/mol. The predicted molar refractivity (Wildman–Crippen MR) is 74.1 cm³/mol. The van der Waals surface area contributed by atoms with Gasteiger partial charge in [-0.25, -0.2) is 9.18 Å². The Morgan fingerprint density at radius 2 is 2.00 bits per heavy atom. The van der Waals surface area contributed by atoms with Crippen LogP contribution in [0.1, 0.15) is 19.4 Å². The Balaban J connectivity index is 2.60. The van der Waals surface area contributed by atoms with Crippen molar-refractivity contribution in [3.63, 3.8) is 0 Å². The number of carbonyl (C=O) groups excluding carboxylic acids is 1. The van der Waals surface area contributed by atoms with Gasteiger partial charge >= 0.3 is 12.0 Å². The normalized spacial score (nSPS) is 12.1. The average Bonchev–Trinajstić information content (AvgIpc) is 2.33. The minimum Gasteiger partial charge on any atom is -0.481 e. The van der Waals surface area contributed by atoms with Gasteiger partial charge in [-0.05, 0) is 30.5 Å². The summed E-state index contributed by atoms with van der Waals surface area (Å²) in [7, 11) is 0. The van der Waals surface area contributed by atoms with Crippen molar-refractivity contribution in [1.82, 2.24) is 5.32 Å². The molecule has 0 aliphatic heterocycles. The van der Waals surface area contributed by atoms with Gasteiger partial charge in [-0.15, -0.1) is 0 Å². The van der Waals surface area contributed by atoms with Crippen molar-refractivity contribution in [3.8, 4) is 0 Å². The van der Waals surface area contributed by atoms with E-state index in [9.17, 15) is 14.0 Å². The fourth-order valence-electron chi connectivity index (χ4n) is 1.71. The smallest absolute Gasteiger partial charge is 0.319 e. The lowest BCUT2D eigenvalue weighted by Crippen LogP contribution is -2.37. The van der Waals surface area contributed by atoms with E-state index in [-0.39, 0.29) is 12.5 Å². The SMILES string of the molecule is Cc1ccc(F)cc1NC(=O)NCC(C(=O)O)C(C)C. The number of hydrogen-bond donors (Lipinski definition) is 3. The Morgan fingerprint density at radius 1 is 1.35 bits per heavy atom. The van der Waals surface area contributed by atoms with E-state index < -0.39 is 23.7 Å². The third-order valence-electron chi connectivity index (χ3n) is 3.05. The monoisotopic (exact) mass is 282 g/mol. The van der Waals surface area contributed by atoms with Crippen molar-refractivity contribution in [2.75, 3.05) is 11.9 Å². The second-order valence-electron chi connectivity index (χ2n) is 4.98. The van der Waals surface area contributed by atoms with Crippen LogP contribution in [0.2, 0.25) is 0 Å². The van der Waals surface area contributed by atoms with Crippen LogP contribution in [0.5, 0.6) is 0 Å². The molecule has 0 aliphatic rings. The molecule has 0 aliphatic carbocycles. The summed E-state index contributed by atoms with van der Waals surface area (Å²) >= 11 is 0. The summed E-state index contributed by atoms with van der Waals surface area (Å²) in [5, 5.41) is 14.0. The number of halogens is 1. The van der Waals surface area contributed by atoms with E-state index in [2.05, 4.69) is 10.6 Å². The zero-order valence-electron chi connectivity index (χ0n) is 11.7. The van der Waals surface area contributed by atoms with Crippen molar-refractivity contribution >= 4 is 17.7 Å². The Kier molecular flexibility index (Phi) is 5.49. The van der Waals surface area contributed by atoms with Crippen molar-refractivity contribution in [2.45, 2.75) is 20.8 Å². The number of anilines is 1. The van der Waals surface area contributed by atoms with Crippen LogP contribution < -0.4 is 10.6 Å². The zero-order chi connectivity index (χ0) is 15.3. The number of carboxylic acid groups (broad SMARTS) is 1. The van der Waals surface area contributed by atoms with Gasteiger partial charge in [0.2, 0.25) is 0 Å². The van der Waals surface area contributed by atoms with Crippen LogP contribution in [0.4, 0.5) is 14.9 Å². The molecule has 0 aromatic heterocycles. The molecule has 1 atom stereocenters. The predicted octanol–water partition coefficient (Wildman–Crippen LogP) is 2.61. The maximum atomic E-state index is 13.1. The van der Waals surface area contributed by atoms with Gasteiger partial charge in [0.25, 0.3) is 0 Å². The number of urea groups is 1. The summed E-state index contributed by atoms with van der Waals surface area (Å²) in [4.78, 5) is 22.7. The minimum atomic E-state index is -0.956. The van der Waals surface area contributed by atoms with Crippen LogP contribution in [0, 0.1) is 24.6 Å². The molecule has 0 radical (unpaired) electrons. The van der Waals surface area contributed by atoms with E-state index in [1.165, 1.54) is 12.1 Å². The molecule has 3 N–H and O–H groups in total. The van der Waals surface area contributed by atoms with Gasteiger partial charge in [0.15, 0.2) is 0 Å². The summed E-state index contributed by atoms with van der Waals surface area (Å²) in [6, 6.07) is 3.52. The topological polar surface area (TPSA) is 78.4 Å². The molecule has 1 aromatic rings. The lowest BCUT2D eigenvalue weighted by Gasteiger charge is -2.17. The van der Waals surface area contributed by atoms with Crippen molar-refractivity contribution in [2.24, 2.45) is 11.8 Å². The van der Waals surface area contributed by atoms with Gasteiger partial charge in [-0.2, -0.15) is 0 Å². The number of rotatable bonds is 5. The summed E-state index contributed by atoms with van der Waals surface area (Å²) in [5.41, 5.74) is 1.08. The van der Waals surface area contributed by atoms with E-state index in [0.717, 1.165) is 5.56 Å². The summed E-state index contributed by atoms with van der Waals surface area (Å²) in [5.74, 6) is -2.16. The van der Waals surface area contributed by atoms with E-state index in [1.807, 2.05) is 0 Å². The molecule has 5 nitrogen and oxygen atoms in total. The molecule has 20 heavy (non-hydrogen) atoms. The van der Waals surface area contributed by atoms with E-state index in [0.29, 0.717) is 5.69 Å². The summed E-state index contributed by atoms with van der Waals surface area (Å²) in [6.45, 7) is 5.31. The van der Waals surface area contributed by atoms with E-state index in [1.54, 1.807) is 26.8 Å². The summed E-state index contributed by atoms with van der Waals surface area (Å²) in [6.07, 6.45) is 0. The highest BCUT2D eigenvalue weighted by Crippen LogP contribution is 2.16. The molecule has 1 aromatic carbocycles. The average molecular weight is 282 g/mol. The van der Waals surface area contributed by atoms with Gasteiger partial charge in [0, 0.05) is 12.2 Å². The molecule has 0 heterocycles. The van der Waals surface area contributed by atoms with Gasteiger partial charge < -0.3 is 15.7 Å². The van der Waals surface area contributed by atoms with E-state index >= 15 is 0 Å². The lowest BCUT2D eigenvalue weighted by molar-refractivity contribution is -0.142. The maximum Gasteiger partial charge on any atom is 0.319 e. The number of benzene rings is 1. The first-order valence-electron chi connectivity index (χ1n) is 6.35. The number of carboxylic acids is 1. The second-order valence-corrected chi connectivity index (χ2v) is 4.98. The highest BCUT2D eigenvalue weighted by Gasteiger charge is 2.22. The van der Waals surface area contributed by atoms with Gasteiger partial charge in [0.05, 0.1) is 5.92 Å². The number of aryl methyl sites for hydroxylation is 1. The fraction of sp³-hybridized carbons (Fsp3) is 0.429.